The van der Waals surface area contributed by atoms with Crippen molar-refractivity contribution in [1.29, 1.82) is 5.26 Å². The van der Waals surface area contributed by atoms with Gasteiger partial charge in [-0.3, -0.25) is 0 Å². The predicted octanol–water partition coefficient (Wildman–Crippen LogP) is 3.41. The highest BCUT2D eigenvalue weighted by molar-refractivity contribution is 7.10. The zero-order chi connectivity index (χ0) is 11.2. The third-order valence-electron chi connectivity index (χ3n) is 3.16. The lowest BCUT2D eigenvalue weighted by Crippen LogP contribution is -2.25. The number of nitrogens with one attached hydrogen (secondary N) is 1. The monoisotopic (exact) mass is 234 g/mol. The summed E-state index contributed by atoms with van der Waals surface area (Å²) in [5, 5.41) is 14.3. The minimum atomic E-state index is 0.567. The number of unbranched alkanes of at least 4 members (excludes halogenated alkanes) is 2. The van der Waals surface area contributed by atoms with Gasteiger partial charge in [0.1, 0.15) is 0 Å². The maximum Gasteiger partial charge on any atom is 0.0621 e. The zero-order valence-corrected chi connectivity index (χ0v) is 10.4. The maximum absolute atomic E-state index is 8.45. The summed E-state index contributed by atoms with van der Waals surface area (Å²) in [6, 6.07) is 5.03. The fourth-order valence-corrected chi connectivity index (χ4v) is 3.29. The molecule has 0 aliphatic heterocycles. The molecule has 1 N–H and O–H groups in total. The van der Waals surface area contributed by atoms with E-state index in [-0.39, 0.29) is 0 Å². The topological polar surface area (TPSA) is 35.8 Å². The molecule has 0 saturated carbocycles. The average molecular weight is 234 g/mol. The number of rotatable bonds is 5. The molecule has 1 aromatic heterocycles. The molecule has 1 heterocycles. The number of fused-ring (bicyclic) bond motifs is 1. The Morgan fingerprint density at radius 1 is 1.50 bits per heavy atom. The Bertz CT molecular complexity index is 364. The second kappa shape index (κ2) is 6.03. The summed E-state index contributed by atoms with van der Waals surface area (Å²) in [5.74, 6) is 0. The third kappa shape index (κ3) is 2.84. The van der Waals surface area contributed by atoms with E-state index in [2.05, 4.69) is 22.8 Å². The smallest absolute Gasteiger partial charge is 0.0621 e. The van der Waals surface area contributed by atoms with Crippen LogP contribution in [0.4, 0.5) is 0 Å². The molecule has 3 heteroatoms. The van der Waals surface area contributed by atoms with E-state index in [0.717, 1.165) is 19.4 Å². The first-order chi connectivity index (χ1) is 7.92. The molecule has 0 spiro atoms. The summed E-state index contributed by atoms with van der Waals surface area (Å²) < 4.78 is 0. The average Bonchev–Trinajstić information content (AvgIpc) is 2.77. The molecule has 0 saturated heterocycles. The van der Waals surface area contributed by atoms with Gasteiger partial charge in [-0.2, -0.15) is 5.26 Å². The fraction of sp³-hybridized carbons (Fsp3) is 0.615. The number of aryl methyl sites for hydroxylation is 1. The van der Waals surface area contributed by atoms with E-state index in [9.17, 15) is 0 Å². The van der Waals surface area contributed by atoms with Crippen molar-refractivity contribution in [3.8, 4) is 6.07 Å². The molecule has 1 aromatic rings. The quantitative estimate of drug-likeness (QED) is 0.792. The van der Waals surface area contributed by atoms with Crippen molar-refractivity contribution >= 4 is 11.3 Å². The molecule has 0 amide bonds. The lowest BCUT2D eigenvalue weighted by molar-refractivity contribution is 0.456. The van der Waals surface area contributed by atoms with E-state index < -0.39 is 0 Å². The molecule has 2 nitrogen and oxygen atoms in total. The van der Waals surface area contributed by atoms with Crippen LogP contribution in [-0.2, 0) is 6.42 Å². The zero-order valence-electron chi connectivity index (χ0n) is 9.54. The van der Waals surface area contributed by atoms with Crippen LogP contribution in [0.1, 0.15) is 48.6 Å². The standard InChI is InChI=1S/C13H18N2S/c14-8-2-1-3-9-15-12-5-4-6-13-11(12)7-10-16-13/h7,10,12,15H,1-6,9H2. The highest BCUT2D eigenvalue weighted by Gasteiger charge is 2.19. The van der Waals surface area contributed by atoms with Gasteiger partial charge in [-0.25, -0.2) is 0 Å². The van der Waals surface area contributed by atoms with E-state index in [4.69, 9.17) is 5.26 Å². The van der Waals surface area contributed by atoms with E-state index in [1.54, 1.807) is 4.88 Å². The number of hydrogen-bond donors (Lipinski definition) is 1. The van der Waals surface area contributed by atoms with Gasteiger partial charge in [0.15, 0.2) is 0 Å². The predicted molar refractivity (Wildman–Crippen MR) is 67.5 cm³/mol. The summed E-state index contributed by atoms with van der Waals surface area (Å²) in [4.78, 5) is 1.57. The highest BCUT2D eigenvalue weighted by Crippen LogP contribution is 2.33. The van der Waals surface area contributed by atoms with Crippen LogP contribution >= 0.6 is 11.3 Å². The first-order valence-corrected chi connectivity index (χ1v) is 6.96. The minimum Gasteiger partial charge on any atom is -0.310 e. The van der Waals surface area contributed by atoms with E-state index >= 15 is 0 Å². The highest BCUT2D eigenvalue weighted by atomic mass is 32.1. The molecule has 0 aromatic carbocycles. The lowest BCUT2D eigenvalue weighted by atomic mass is 9.94. The molecule has 0 fully saturated rings. The second-order valence-electron chi connectivity index (χ2n) is 4.31. The van der Waals surface area contributed by atoms with Gasteiger partial charge in [0.05, 0.1) is 6.07 Å². The van der Waals surface area contributed by atoms with E-state index in [1.807, 2.05) is 11.3 Å². The Hall–Kier alpha value is -0.850. The van der Waals surface area contributed by atoms with Gasteiger partial charge in [-0.1, -0.05) is 0 Å². The third-order valence-corrected chi connectivity index (χ3v) is 4.15. The van der Waals surface area contributed by atoms with Crippen molar-refractivity contribution in [2.24, 2.45) is 0 Å². The van der Waals surface area contributed by atoms with Crippen LogP contribution in [0, 0.1) is 11.3 Å². The molecule has 1 aliphatic carbocycles. The van der Waals surface area contributed by atoms with Crippen LogP contribution in [0.5, 0.6) is 0 Å². The molecule has 0 radical (unpaired) electrons. The van der Waals surface area contributed by atoms with Gasteiger partial charge < -0.3 is 5.32 Å². The van der Waals surface area contributed by atoms with Gasteiger partial charge in [0, 0.05) is 17.3 Å². The van der Waals surface area contributed by atoms with Crippen molar-refractivity contribution in [3.63, 3.8) is 0 Å². The summed E-state index contributed by atoms with van der Waals surface area (Å²) in [6.45, 7) is 1.04. The lowest BCUT2D eigenvalue weighted by Gasteiger charge is -2.23. The number of hydrogen-bond acceptors (Lipinski definition) is 3. The van der Waals surface area contributed by atoms with Crippen molar-refractivity contribution in [2.45, 2.75) is 44.6 Å². The molecule has 1 atom stereocenters. The summed E-state index contributed by atoms with van der Waals surface area (Å²) >= 11 is 1.89. The van der Waals surface area contributed by atoms with Crippen LogP contribution < -0.4 is 5.32 Å². The number of nitriles is 1. The van der Waals surface area contributed by atoms with Crippen LogP contribution in [0.15, 0.2) is 11.4 Å². The summed E-state index contributed by atoms with van der Waals surface area (Å²) in [5.41, 5.74) is 1.52. The molecular formula is C13H18N2S. The SMILES string of the molecule is N#CCCCCNC1CCCc2sccc21. The number of thiophene rings is 1. The Morgan fingerprint density at radius 2 is 2.44 bits per heavy atom. The molecule has 1 unspecified atom stereocenters. The first kappa shape index (κ1) is 11.6. The van der Waals surface area contributed by atoms with E-state index in [0.29, 0.717) is 12.5 Å². The second-order valence-corrected chi connectivity index (χ2v) is 5.31. The summed E-state index contributed by atoms with van der Waals surface area (Å²) in [6.07, 6.45) is 6.66. The van der Waals surface area contributed by atoms with Crippen LogP contribution in [0.2, 0.25) is 0 Å². The fourth-order valence-electron chi connectivity index (χ4n) is 2.30. The largest absolute Gasteiger partial charge is 0.310 e. The molecule has 16 heavy (non-hydrogen) atoms. The normalized spacial score (nSPS) is 19.1. The molecule has 86 valence electrons. The maximum atomic E-state index is 8.45. The molecule has 1 aliphatic rings. The van der Waals surface area contributed by atoms with Crippen LogP contribution in [0.3, 0.4) is 0 Å². The number of nitrogens with zero attached hydrogens (tertiary/aromatic N) is 1. The van der Waals surface area contributed by atoms with Gasteiger partial charge in [-0.15, -0.1) is 11.3 Å². The van der Waals surface area contributed by atoms with Gasteiger partial charge in [0.2, 0.25) is 0 Å². The van der Waals surface area contributed by atoms with Crippen molar-refractivity contribution < 1.29 is 0 Å². The van der Waals surface area contributed by atoms with Gasteiger partial charge in [-0.05, 0) is 55.7 Å². The van der Waals surface area contributed by atoms with Crippen molar-refractivity contribution in [1.82, 2.24) is 5.32 Å². The molecule has 2 rings (SSSR count). The van der Waals surface area contributed by atoms with Crippen molar-refractivity contribution in [3.05, 3.63) is 21.9 Å². The first-order valence-electron chi connectivity index (χ1n) is 6.08. The molecule has 0 bridgehead atoms. The van der Waals surface area contributed by atoms with Crippen LogP contribution in [0.25, 0.3) is 0 Å². The Balaban J connectivity index is 1.77. The Morgan fingerprint density at radius 3 is 3.31 bits per heavy atom. The summed E-state index contributed by atoms with van der Waals surface area (Å²) in [7, 11) is 0. The van der Waals surface area contributed by atoms with Crippen molar-refractivity contribution in [2.75, 3.05) is 6.54 Å². The molecular weight excluding hydrogens is 216 g/mol. The van der Waals surface area contributed by atoms with Crippen LogP contribution in [-0.4, -0.2) is 6.54 Å². The Labute approximate surface area is 101 Å². The van der Waals surface area contributed by atoms with Gasteiger partial charge >= 0.3 is 0 Å². The van der Waals surface area contributed by atoms with E-state index in [1.165, 1.54) is 24.8 Å². The Kier molecular flexibility index (Phi) is 4.38. The van der Waals surface area contributed by atoms with Gasteiger partial charge in [0.25, 0.3) is 0 Å². The minimum absolute atomic E-state index is 0.567.